The molecule has 0 saturated heterocycles. The van der Waals surface area contributed by atoms with Gasteiger partial charge in [0.1, 0.15) is 12.1 Å². The highest BCUT2D eigenvalue weighted by Crippen LogP contribution is 2.35. The Labute approximate surface area is 168 Å². The average Bonchev–Trinajstić information content (AvgIpc) is 2.60. The van der Waals surface area contributed by atoms with Crippen molar-refractivity contribution in [3.05, 3.63) is 58.4 Å². The Morgan fingerprint density at radius 3 is 2.21 bits per heavy atom. The van der Waals surface area contributed by atoms with Crippen molar-refractivity contribution < 1.29 is 13.3 Å². The van der Waals surface area contributed by atoms with E-state index in [-0.39, 0.29) is 11.1 Å². The van der Waals surface area contributed by atoms with E-state index in [1.54, 1.807) is 30.3 Å². The molecule has 0 atom stereocenters. The maximum absolute atomic E-state index is 11.4. The van der Waals surface area contributed by atoms with Crippen LogP contribution in [0.15, 0.2) is 42.7 Å². The topological polar surface area (TPSA) is 127 Å². The number of anilines is 3. The molecule has 3 aromatic rings. The Balaban J connectivity index is 2.06. The lowest BCUT2D eigenvalue weighted by Gasteiger charge is -2.21. The number of nitro benzene ring substituents is 1. The Hall–Kier alpha value is -3.27. The fourth-order valence-electron chi connectivity index (χ4n) is 2.90. The molecule has 0 unspecified atom stereocenters. The Bertz CT molecular complexity index is 1190. The fourth-order valence-corrected chi connectivity index (χ4v) is 3.47. The van der Waals surface area contributed by atoms with E-state index in [2.05, 4.69) is 20.0 Å². The van der Waals surface area contributed by atoms with E-state index in [1.165, 1.54) is 12.4 Å². The predicted octanol–water partition coefficient (Wildman–Crippen LogP) is 3.95. The summed E-state index contributed by atoms with van der Waals surface area (Å²) >= 11 is 0. The Morgan fingerprint density at radius 1 is 1.03 bits per heavy atom. The van der Waals surface area contributed by atoms with E-state index < -0.39 is 14.9 Å². The number of non-ortho nitro benzene ring substituents is 1. The molecule has 29 heavy (non-hydrogen) atoms. The number of aromatic nitrogens is 2. The molecular weight excluding hydrogens is 394 g/mol. The molecule has 9 nitrogen and oxygen atoms in total. The van der Waals surface area contributed by atoms with Gasteiger partial charge in [0.05, 0.1) is 22.1 Å². The molecule has 0 spiro atoms. The largest absolute Gasteiger partial charge is 0.340 e. The number of nitro groups is 1. The maximum Gasteiger partial charge on any atom is 0.270 e. The minimum absolute atomic E-state index is 0.0343. The summed E-state index contributed by atoms with van der Waals surface area (Å²) in [5.74, 6) is 0.424. The summed E-state index contributed by atoms with van der Waals surface area (Å²) in [6.45, 7) is 5.90. The highest BCUT2D eigenvalue weighted by atomic mass is 32.2. The van der Waals surface area contributed by atoms with Crippen LogP contribution in [-0.4, -0.2) is 29.6 Å². The first-order chi connectivity index (χ1) is 13.4. The van der Waals surface area contributed by atoms with Crippen molar-refractivity contribution in [2.24, 2.45) is 0 Å². The van der Waals surface area contributed by atoms with Gasteiger partial charge in [0.2, 0.25) is 10.0 Å². The van der Waals surface area contributed by atoms with Crippen molar-refractivity contribution in [3.63, 3.8) is 0 Å². The fraction of sp³-hybridized carbons (Fsp3) is 0.263. The molecule has 1 aromatic heterocycles. The average molecular weight is 415 g/mol. The van der Waals surface area contributed by atoms with Crippen molar-refractivity contribution in [2.75, 3.05) is 16.3 Å². The number of fused-ring (bicyclic) bond motifs is 1. The minimum atomic E-state index is -3.36. The molecule has 0 bridgehead atoms. The third kappa shape index (κ3) is 4.77. The van der Waals surface area contributed by atoms with Crippen LogP contribution in [0.25, 0.3) is 10.9 Å². The van der Waals surface area contributed by atoms with Gasteiger partial charge in [-0.15, -0.1) is 0 Å². The van der Waals surface area contributed by atoms with Crippen molar-refractivity contribution in [1.29, 1.82) is 0 Å². The van der Waals surface area contributed by atoms with Crippen LogP contribution in [0.1, 0.15) is 26.3 Å². The highest BCUT2D eigenvalue weighted by molar-refractivity contribution is 7.92. The second-order valence-electron chi connectivity index (χ2n) is 7.70. The van der Waals surface area contributed by atoms with Crippen molar-refractivity contribution >= 4 is 43.8 Å². The van der Waals surface area contributed by atoms with Crippen LogP contribution < -0.4 is 10.0 Å². The first-order valence-electron chi connectivity index (χ1n) is 8.72. The second-order valence-corrected chi connectivity index (χ2v) is 9.44. The summed E-state index contributed by atoms with van der Waals surface area (Å²) in [6, 6.07) is 9.58. The third-order valence-electron chi connectivity index (χ3n) is 4.19. The molecule has 0 saturated carbocycles. The van der Waals surface area contributed by atoms with Gasteiger partial charge in [0.15, 0.2) is 0 Å². The molecule has 10 heteroatoms. The van der Waals surface area contributed by atoms with Gasteiger partial charge < -0.3 is 5.32 Å². The van der Waals surface area contributed by atoms with Gasteiger partial charge in [0, 0.05) is 23.5 Å². The quantitative estimate of drug-likeness (QED) is 0.477. The molecule has 1 heterocycles. The normalized spacial score (nSPS) is 12.0. The second kappa shape index (κ2) is 7.28. The molecular formula is C19H21N5O4S. The summed E-state index contributed by atoms with van der Waals surface area (Å²) in [5.41, 5.74) is 2.07. The van der Waals surface area contributed by atoms with Crippen LogP contribution in [0.4, 0.5) is 22.9 Å². The summed E-state index contributed by atoms with van der Waals surface area (Å²) in [5, 5.41) is 15.1. The highest BCUT2D eigenvalue weighted by Gasteiger charge is 2.23. The van der Waals surface area contributed by atoms with E-state index >= 15 is 0 Å². The molecule has 3 rings (SSSR count). The summed E-state index contributed by atoms with van der Waals surface area (Å²) in [4.78, 5) is 19.6. The monoisotopic (exact) mass is 415 g/mol. The number of rotatable bonds is 5. The van der Waals surface area contributed by atoms with Gasteiger partial charge in [-0.25, -0.2) is 18.4 Å². The summed E-state index contributed by atoms with van der Waals surface area (Å²) < 4.78 is 25.0. The van der Waals surface area contributed by atoms with Gasteiger partial charge in [-0.2, -0.15) is 0 Å². The van der Waals surface area contributed by atoms with E-state index in [0.717, 1.165) is 11.8 Å². The lowest BCUT2D eigenvalue weighted by atomic mass is 9.85. The SMILES string of the molecule is CC(C)(C)c1cc([N+](=O)[O-])cc2c(Nc3ccc(NS(C)(=O)=O)cc3)ncnc12. The van der Waals surface area contributed by atoms with E-state index in [9.17, 15) is 18.5 Å². The smallest absolute Gasteiger partial charge is 0.270 e. The first kappa shape index (κ1) is 20.5. The number of hydrogen-bond donors (Lipinski definition) is 2. The predicted molar refractivity (Wildman–Crippen MR) is 113 cm³/mol. The van der Waals surface area contributed by atoms with Crippen molar-refractivity contribution in [2.45, 2.75) is 26.2 Å². The standard InChI is InChI=1S/C19H21N5O4S/c1-19(2,3)16-10-14(24(25)26)9-15-17(16)20-11-21-18(15)22-12-5-7-13(8-6-12)23-29(4,27)28/h5-11,23H,1-4H3,(H,20,21,22). The minimum Gasteiger partial charge on any atom is -0.340 e. The van der Waals surface area contributed by atoms with Gasteiger partial charge >= 0.3 is 0 Å². The molecule has 0 radical (unpaired) electrons. The van der Waals surface area contributed by atoms with Crippen LogP contribution in [0.2, 0.25) is 0 Å². The van der Waals surface area contributed by atoms with Crippen LogP contribution in [0.3, 0.4) is 0 Å². The number of nitrogens with zero attached hydrogens (tertiary/aromatic N) is 3. The molecule has 0 amide bonds. The number of nitrogens with one attached hydrogen (secondary N) is 2. The summed E-state index contributed by atoms with van der Waals surface area (Å²) in [6.07, 6.45) is 2.48. The van der Waals surface area contributed by atoms with Crippen LogP contribution in [-0.2, 0) is 15.4 Å². The van der Waals surface area contributed by atoms with Gasteiger partial charge in [-0.05, 0) is 35.2 Å². The van der Waals surface area contributed by atoms with E-state index in [0.29, 0.717) is 28.1 Å². The van der Waals surface area contributed by atoms with Gasteiger partial charge in [0.25, 0.3) is 5.69 Å². The van der Waals surface area contributed by atoms with Crippen LogP contribution in [0.5, 0.6) is 0 Å². The Morgan fingerprint density at radius 2 is 1.66 bits per heavy atom. The number of hydrogen-bond acceptors (Lipinski definition) is 7. The molecule has 2 aromatic carbocycles. The molecule has 2 N–H and O–H groups in total. The van der Waals surface area contributed by atoms with Gasteiger partial charge in [-0.3, -0.25) is 14.8 Å². The molecule has 152 valence electrons. The maximum atomic E-state index is 11.4. The van der Waals surface area contributed by atoms with Crippen LogP contribution in [0, 0.1) is 10.1 Å². The lowest BCUT2D eigenvalue weighted by Crippen LogP contribution is -2.13. The van der Waals surface area contributed by atoms with Crippen molar-refractivity contribution in [3.8, 4) is 0 Å². The third-order valence-corrected chi connectivity index (χ3v) is 4.80. The van der Waals surface area contributed by atoms with E-state index in [4.69, 9.17) is 0 Å². The lowest BCUT2D eigenvalue weighted by molar-refractivity contribution is -0.384. The Kier molecular flexibility index (Phi) is 5.14. The molecule has 0 aliphatic carbocycles. The zero-order chi connectivity index (χ0) is 21.4. The zero-order valence-electron chi connectivity index (χ0n) is 16.4. The van der Waals surface area contributed by atoms with Crippen LogP contribution >= 0.6 is 0 Å². The van der Waals surface area contributed by atoms with E-state index in [1.807, 2.05) is 20.8 Å². The zero-order valence-corrected chi connectivity index (χ0v) is 17.2. The van der Waals surface area contributed by atoms with Crippen molar-refractivity contribution in [1.82, 2.24) is 9.97 Å². The molecule has 0 aliphatic heterocycles. The number of sulfonamides is 1. The summed E-state index contributed by atoms with van der Waals surface area (Å²) in [7, 11) is -3.36. The van der Waals surface area contributed by atoms with Gasteiger partial charge in [-0.1, -0.05) is 20.8 Å². The number of benzene rings is 2. The molecule has 0 aliphatic rings. The molecule has 0 fully saturated rings. The first-order valence-corrected chi connectivity index (χ1v) is 10.6.